The van der Waals surface area contributed by atoms with Crippen LogP contribution in [0.5, 0.6) is 11.5 Å². The Morgan fingerprint density at radius 3 is 2.49 bits per heavy atom. The molecule has 188 valence electrons. The van der Waals surface area contributed by atoms with E-state index in [4.69, 9.17) is 14.0 Å². The van der Waals surface area contributed by atoms with Crippen LogP contribution in [0.25, 0.3) is 0 Å². The normalized spacial score (nSPS) is 12.7. The average molecular weight is 511 g/mol. The molecular weight excluding hydrogens is 487 g/mol. The highest BCUT2D eigenvalue weighted by molar-refractivity contribution is 7.39. The predicted molar refractivity (Wildman–Crippen MR) is 120 cm³/mol. The summed E-state index contributed by atoms with van der Waals surface area (Å²) in [6.07, 6.45) is -1.07. The maximum Gasteiger partial charge on any atom is 0.545 e. The number of carbonyl (C=O) groups excluding carboxylic acids is 2. The number of esters is 1. The molecule has 0 aliphatic heterocycles. The third-order valence-electron chi connectivity index (χ3n) is 4.61. The smallest absolute Gasteiger partial charge is 0.500 e. The van der Waals surface area contributed by atoms with E-state index in [1.54, 1.807) is 30.3 Å². The minimum atomic E-state index is -2.84. The lowest BCUT2D eigenvalue weighted by Gasteiger charge is -2.15. The number of alkyl carbamates (subject to hydrolysis) is 1. The van der Waals surface area contributed by atoms with Crippen molar-refractivity contribution in [1.29, 1.82) is 0 Å². The Kier molecular flexibility index (Phi) is 10.3. The zero-order valence-electron chi connectivity index (χ0n) is 18.8. The van der Waals surface area contributed by atoms with Gasteiger partial charge in [0.05, 0.1) is 19.1 Å². The molecule has 0 aliphatic rings. The number of rotatable bonds is 12. The molecule has 2 rings (SSSR count). The van der Waals surface area contributed by atoms with Crippen LogP contribution in [-0.4, -0.2) is 54.1 Å². The average Bonchev–Trinajstić information content (AvgIpc) is 2.86. The number of phenols is 1. The summed E-state index contributed by atoms with van der Waals surface area (Å²) in [6, 6.07) is 9.56. The van der Waals surface area contributed by atoms with E-state index in [0.29, 0.717) is 0 Å². The molecule has 0 bridgehead atoms. The Labute approximate surface area is 200 Å². The minimum absolute atomic E-state index is 0.0304. The number of nitrogens with zero attached hydrogens (tertiary/aromatic N) is 1. The molecule has 0 radical (unpaired) electrons. The van der Waals surface area contributed by atoms with Crippen molar-refractivity contribution in [1.82, 2.24) is 5.32 Å². The topological polar surface area (TPSA) is 184 Å². The van der Waals surface area contributed by atoms with E-state index in [0.717, 1.165) is 31.9 Å². The number of phenolic OH excluding ortho intramolecular Hbond substituents is 1. The Balaban J connectivity index is 1.96. The summed E-state index contributed by atoms with van der Waals surface area (Å²) in [6.45, 7) is -0.389. The fourth-order valence-corrected chi connectivity index (χ4v) is 3.63. The van der Waals surface area contributed by atoms with Crippen molar-refractivity contribution >= 4 is 25.8 Å². The van der Waals surface area contributed by atoms with Gasteiger partial charge in [-0.25, -0.2) is 9.59 Å². The van der Waals surface area contributed by atoms with Gasteiger partial charge in [0.15, 0.2) is 5.75 Å². The monoisotopic (exact) mass is 511 g/mol. The van der Waals surface area contributed by atoms with Gasteiger partial charge < -0.3 is 29.7 Å². The number of hydrogen-bond donors (Lipinski definition) is 3. The largest absolute Gasteiger partial charge is 0.545 e. The molecule has 3 atom stereocenters. The molecule has 35 heavy (non-hydrogen) atoms. The third kappa shape index (κ3) is 7.88. The summed E-state index contributed by atoms with van der Waals surface area (Å²) < 4.78 is 32.0. The van der Waals surface area contributed by atoms with Gasteiger partial charge in [-0.15, -0.1) is 4.52 Å². The number of nitro groups is 1. The fraction of sp³-hybridized carbons (Fsp3) is 0.333. The Morgan fingerprint density at radius 2 is 1.89 bits per heavy atom. The zero-order valence-corrected chi connectivity index (χ0v) is 19.7. The van der Waals surface area contributed by atoms with Crippen molar-refractivity contribution in [3.63, 3.8) is 0 Å². The van der Waals surface area contributed by atoms with Gasteiger partial charge in [0.25, 0.3) is 0 Å². The molecule has 0 spiro atoms. The molecule has 2 unspecified atom stereocenters. The van der Waals surface area contributed by atoms with E-state index in [2.05, 4.69) is 10.1 Å². The van der Waals surface area contributed by atoms with Crippen molar-refractivity contribution < 1.29 is 48.0 Å². The minimum Gasteiger partial charge on any atom is -0.500 e. The van der Waals surface area contributed by atoms with Crippen LogP contribution >= 0.6 is 8.03 Å². The number of benzene rings is 2. The van der Waals surface area contributed by atoms with Gasteiger partial charge in [-0.1, -0.05) is 30.3 Å². The Morgan fingerprint density at radius 1 is 1.20 bits per heavy atom. The highest BCUT2D eigenvalue weighted by atomic mass is 31.1. The molecule has 2 aromatic rings. The second kappa shape index (κ2) is 13.2. The summed E-state index contributed by atoms with van der Waals surface area (Å²) in [5.41, 5.74) is -0.219. The molecular formula is C21H24N2O11P+. The molecule has 0 aromatic heterocycles. The number of carbonyl (C=O) groups is 2. The van der Waals surface area contributed by atoms with Gasteiger partial charge in [0, 0.05) is 18.1 Å². The molecule has 0 heterocycles. The first kappa shape index (κ1) is 27.4. The van der Waals surface area contributed by atoms with Crippen LogP contribution in [0.1, 0.15) is 23.4 Å². The van der Waals surface area contributed by atoms with Gasteiger partial charge in [0.1, 0.15) is 19.3 Å². The lowest BCUT2D eigenvalue weighted by Crippen LogP contribution is -2.42. The van der Waals surface area contributed by atoms with Crippen LogP contribution in [0.3, 0.4) is 0 Å². The molecule has 0 saturated carbocycles. The number of nitrogens with one attached hydrogen (secondary N) is 1. The second-order valence-corrected chi connectivity index (χ2v) is 8.23. The van der Waals surface area contributed by atoms with Crippen molar-refractivity contribution in [3.05, 3.63) is 63.7 Å². The highest BCUT2D eigenvalue weighted by Gasteiger charge is 2.36. The molecule has 3 N–H and O–H groups in total. The number of nitro benzene ring substituents is 1. The van der Waals surface area contributed by atoms with E-state index >= 15 is 0 Å². The Hall–Kier alpha value is -3.80. The van der Waals surface area contributed by atoms with Crippen LogP contribution in [0, 0.1) is 10.1 Å². The van der Waals surface area contributed by atoms with Gasteiger partial charge in [0.2, 0.25) is 5.75 Å². The highest BCUT2D eigenvalue weighted by Crippen LogP contribution is 2.45. The van der Waals surface area contributed by atoms with Crippen molar-refractivity contribution in [2.45, 2.75) is 24.9 Å². The summed E-state index contributed by atoms with van der Waals surface area (Å²) >= 11 is 0. The van der Waals surface area contributed by atoms with Gasteiger partial charge in [-0.3, -0.25) is 10.1 Å². The number of ether oxygens (including phenoxy) is 3. The van der Waals surface area contributed by atoms with Crippen molar-refractivity contribution in [2.24, 2.45) is 0 Å². The van der Waals surface area contributed by atoms with E-state index < -0.39 is 48.3 Å². The molecule has 0 aliphatic carbocycles. The van der Waals surface area contributed by atoms with Gasteiger partial charge in [-0.2, -0.15) is 0 Å². The summed E-state index contributed by atoms with van der Waals surface area (Å²) in [5, 5.41) is 33.5. The summed E-state index contributed by atoms with van der Waals surface area (Å²) in [7, 11) is -0.576. The fourth-order valence-electron chi connectivity index (χ4n) is 2.81. The number of methoxy groups -OCH3 is 2. The predicted octanol–water partition coefficient (Wildman–Crippen LogP) is 2.92. The SMILES string of the molecule is COC(=O)[C@H](CCO[P+](=O)C(O)c1cc(OC)c(O)c([N+](=O)[O-])c1)NC(=O)OCc1ccccc1. The van der Waals surface area contributed by atoms with Gasteiger partial charge >= 0.3 is 31.6 Å². The van der Waals surface area contributed by atoms with Gasteiger partial charge in [-0.05, 0) is 16.2 Å². The van der Waals surface area contributed by atoms with E-state index in [-0.39, 0.29) is 30.9 Å². The van der Waals surface area contributed by atoms with Crippen LogP contribution in [0.2, 0.25) is 0 Å². The number of aliphatic hydroxyl groups is 1. The molecule has 0 saturated heterocycles. The molecule has 14 heteroatoms. The molecule has 2 aromatic carbocycles. The number of aliphatic hydroxyl groups excluding tert-OH is 1. The summed E-state index contributed by atoms with van der Waals surface area (Å²) in [4.78, 5) is 34.2. The second-order valence-electron chi connectivity index (χ2n) is 6.91. The van der Waals surface area contributed by atoms with E-state index in [1.165, 1.54) is 0 Å². The maximum absolute atomic E-state index is 12.4. The van der Waals surface area contributed by atoms with Crippen molar-refractivity contribution in [2.75, 3.05) is 20.8 Å². The first-order valence-corrected chi connectivity index (χ1v) is 11.3. The van der Waals surface area contributed by atoms with Crippen LogP contribution < -0.4 is 10.1 Å². The molecule has 0 fully saturated rings. The lowest BCUT2D eigenvalue weighted by atomic mass is 10.2. The Bertz CT molecular complexity index is 1060. The number of hydrogen-bond acceptors (Lipinski definition) is 11. The van der Waals surface area contributed by atoms with Crippen LogP contribution in [0.4, 0.5) is 10.5 Å². The number of aromatic hydroxyl groups is 1. The quantitative estimate of drug-likeness (QED) is 0.165. The van der Waals surface area contributed by atoms with E-state index in [1.807, 2.05) is 0 Å². The molecule has 13 nitrogen and oxygen atoms in total. The van der Waals surface area contributed by atoms with Crippen molar-refractivity contribution in [3.8, 4) is 11.5 Å². The lowest BCUT2D eigenvalue weighted by molar-refractivity contribution is -0.386. The van der Waals surface area contributed by atoms with Crippen LogP contribution in [0.15, 0.2) is 42.5 Å². The first-order valence-electron chi connectivity index (χ1n) is 10.1. The third-order valence-corrected chi connectivity index (χ3v) is 5.74. The summed E-state index contributed by atoms with van der Waals surface area (Å²) in [5.74, 6) is -3.67. The van der Waals surface area contributed by atoms with Crippen LogP contribution in [-0.2, 0) is 30.0 Å². The zero-order chi connectivity index (χ0) is 26.0. The van der Waals surface area contributed by atoms with E-state index in [9.17, 15) is 34.5 Å². The molecule has 1 amide bonds. The maximum atomic E-state index is 12.4. The number of amides is 1. The standard InChI is InChI=1S/C21H23N2O11P/c1-31-17-11-14(10-16(18(17)24)23(28)29)20(26)35(30)34-9-8-15(19(25)32-2)22-21(27)33-12-13-6-4-3-5-7-13/h3-7,10-11,15,20,26H,8-9,12H2,1-2H3,(H-,22,24,27)/p+1/t15-,20?/m0/s1. The first-order chi connectivity index (χ1) is 16.7.